The van der Waals surface area contributed by atoms with E-state index in [1.807, 2.05) is 4.90 Å². The molecule has 7 heteroatoms. The number of rotatable bonds is 4. The van der Waals surface area contributed by atoms with Crippen molar-refractivity contribution in [2.45, 2.75) is 31.7 Å². The summed E-state index contributed by atoms with van der Waals surface area (Å²) in [6.07, 6.45) is 5.15. The molecule has 0 N–H and O–H groups in total. The second-order valence-electron chi connectivity index (χ2n) is 5.08. The van der Waals surface area contributed by atoms with E-state index in [2.05, 4.69) is 0 Å². The van der Waals surface area contributed by atoms with Gasteiger partial charge in [-0.15, -0.1) is 11.6 Å². The number of aromatic nitrogens is 1. The highest BCUT2D eigenvalue weighted by atomic mass is 35.5. The second-order valence-corrected chi connectivity index (χ2v) is 5.46. The Morgan fingerprint density at radius 2 is 2.30 bits per heavy atom. The van der Waals surface area contributed by atoms with Crippen LogP contribution in [0.1, 0.15) is 36.2 Å². The molecule has 110 valence electrons. The number of nitrogens with zero attached hydrogens (tertiary/aromatic N) is 3. The summed E-state index contributed by atoms with van der Waals surface area (Å²) in [6.45, 7) is 0.694. The van der Waals surface area contributed by atoms with Crippen molar-refractivity contribution in [3.63, 3.8) is 0 Å². The molecule has 1 amide bonds. The number of halogens is 1. The molecule has 1 unspecified atom stereocenters. The molecule has 1 aromatic rings. The maximum atomic E-state index is 12.6. The third-order valence-corrected chi connectivity index (χ3v) is 3.97. The number of likely N-dealkylation sites (tertiary alicyclic amines) is 1. The highest BCUT2D eigenvalue weighted by Gasteiger charge is 2.29. The van der Waals surface area contributed by atoms with Crippen LogP contribution in [-0.2, 0) is 7.05 Å². The van der Waals surface area contributed by atoms with Crippen LogP contribution >= 0.6 is 11.6 Å². The molecule has 2 rings (SSSR count). The molecule has 1 fully saturated rings. The van der Waals surface area contributed by atoms with Crippen molar-refractivity contribution in [2.75, 3.05) is 12.4 Å². The number of nitro groups is 1. The van der Waals surface area contributed by atoms with Crippen LogP contribution in [0.5, 0.6) is 0 Å². The molecule has 0 aliphatic carbocycles. The first-order chi connectivity index (χ1) is 9.54. The SMILES string of the molecule is Cn1cc([N+](=O)[O-])cc1C(=O)N1CCCCC1CCCl. The first-order valence-electron chi connectivity index (χ1n) is 6.72. The Morgan fingerprint density at radius 1 is 1.55 bits per heavy atom. The Labute approximate surface area is 122 Å². The zero-order chi connectivity index (χ0) is 14.7. The molecule has 0 radical (unpaired) electrons. The molecule has 0 saturated carbocycles. The predicted octanol–water partition coefficient (Wildman–Crippen LogP) is 2.56. The fourth-order valence-electron chi connectivity index (χ4n) is 2.70. The minimum atomic E-state index is -0.483. The third kappa shape index (κ3) is 2.95. The average Bonchev–Trinajstić information content (AvgIpc) is 2.81. The van der Waals surface area contributed by atoms with Gasteiger partial charge in [0, 0.05) is 31.6 Å². The molecule has 20 heavy (non-hydrogen) atoms. The Hall–Kier alpha value is -1.56. The van der Waals surface area contributed by atoms with E-state index >= 15 is 0 Å². The quantitative estimate of drug-likeness (QED) is 0.487. The summed E-state index contributed by atoms with van der Waals surface area (Å²) in [5.41, 5.74) is 0.305. The van der Waals surface area contributed by atoms with Crippen molar-refractivity contribution in [1.82, 2.24) is 9.47 Å². The molecule has 0 spiro atoms. The zero-order valence-corrected chi connectivity index (χ0v) is 12.2. The summed E-state index contributed by atoms with van der Waals surface area (Å²) in [4.78, 5) is 24.7. The van der Waals surface area contributed by atoms with Crippen molar-refractivity contribution < 1.29 is 9.72 Å². The van der Waals surface area contributed by atoms with Gasteiger partial charge in [0.1, 0.15) is 5.69 Å². The van der Waals surface area contributed by atoms with Gasteiger partial charge in [0.05, 0.1) is 11.1 Å². The van der Waals surface area contributed by atoms with Gasteiger partial charge in [0.2, 0.25) is 0 Å². The minimum absolute atomic E-state index is 0.0539. The first-order valence-corrected chi connectivity index (χ1v) is 7.25. The lowest BCUT2D eigenvalue weighted by atomic mass is 9.99. The van der Waals surface area contributed by atoms with Crippen LogP contribution in [0, 0.1) is 10.1 Å². The van der Waals surface area contributed by atoms with Crippen LogP contribution in [0.25, 0.3) is 0 Å². The molecule has 1 aromatic heterocycles. The van der Waals surface area contributed by atoms with E-state index in [4.69, 9.17) is 11.6 Å². The molecule has 0 aromatic carbocycles. The van der Waals surface area contributed by atoms with Crippen LogP contribution in [-0.4, -0.2) is 38.8 Å². The molecule has 2 heterocycles. The van der Waals surface area contributed by atoms with Crippen LogP contribution < -0.4 is 0 Å². The van der Waals surface area contributed by atoms with E-state index in [1.54, 1.807) is 7.05 Å². The molecular formula is C13H18ClN3O3. The fraction of sp³-hybridized carbons (Fsp3) is 0.615. The second kappa shape index (κ2) is 6.26. The van der Waals surface area contributed by atoms with Crippen molar-refractivity contribution in [1.29, 1.82) is 0 Å². The number of alkyl halides is 1. The van der Waals surface area contributed by atoms with E-state index in [-0.39, 0.29) is 17.6 Å². The molecule has 1 saturated heterocycles. The summed E-state index contributed by atoms with van der Waals surface area (Å²) < 4.78 is 1.52. The standard InChI is InChI=1S/C13H18ClN3O3/c1-15-9-11(17(19)20)8-12(15)13(18)16-7-3-2-4-10(16)5-6-14/h8-10H,2-7H2,1H3. The summed E-state index contributed by atoms with van der Waals surface area (Å²) in [7, 11) is 1.65. The molecule has 1 atom stereocenters. The van der Waals surface area contributed by atoms with E-state index in [0.717, 1.165) is 25.7 Å². The predicted molar refractivity (Wildman–Crippen MR) is 76.1 cm³/mol. The van der Waals surface area contributed by atoms with E-state index in [0.29, 0.717) is 18.1 Å². The summed E-state index contributed by atoms with van der Waals surface area (Å²) in [5, 5.41) is 10.8. The summed E-state index contributed by atoms with van der Waals surface area (Å²) in [5.74, 6) is 0.372. The molecule has 1 aliphatic rings. The number of hydrogen-bond donors (Lipinski definition) is 0. The third-order valence-electron chi connectivity index (χ3n) is 3.75. The smallest absolute Gasteiger partial charge is 0.287 e. The highest BCUT2D eigenvalue weighted by Crippen LogP contribution is 2.24. The molecular weight excluding hydrogens is 282 g/mol. The Balaban J connectivity index is 2.22. The van der Waals surface area contributed by atoms with Gasteiger partial charge < -0.3 is 9.47 Å². The van der Waals surface area contributed by atoms with E-state index < -0.39 is 4.92 Å². The number of hydrogen-bond acceptors (Lipinski definition) is 3. The lowest BCUT2D eigenvalue weighted by molar-refractivity contribution is -0.384. The lowest BCUT2D eigenvalue weighted by Crippen LogP contribution is -2.44. The molecule has 0 bridgehead atoms. The van der Waals surface area contributed by atoms with Crippen LogP contribution in [0.15, 0.2) is 12.3 Å². The monoisotopic (exact) mass is 299 g/mol. The zero-order valence-electron chi connectivity index (χ0n) is 11.4. The normalized spacial score (nSPS) is 19.1. The fourth-order valence-corrected chi connectivity index (χ4v) is 2.95. The van der Waals surface area contributed by atoms with Gasteiger partial charge >= 0.3 is 0 Å². The topological polar surface area (TPSA) is 68.4 Å². The van der Waals surface area contributed by atoms with E-state index in [9.17, 15) is 14.9 Å². The Kier molecular flexibility index (Phi) is 4.65. The number of amides is 1. The maximum absolute atomic E-state index is 12.6. The van der Waals surface area contributed by atoms with Gasteiger partial charge in [-0.05, 0) is 25.7 Å². The van der Waals surface area contributed by atoms with Crippen LogP contribution in [0.2, 0.25) is 0 Å². The number of aryl methyl sites for hydroxylation is 1. The summed E-state index contributed by atoms with van der Waals surface area (Å²) in [6, 6.07) is 1.48. The minimum Gasteiger partial charge on any atom is -0.340 e. The van der Waals surface area contributed by atoms with Gasteiger partial charge in [-0.1, -0.05) is 0 Å². The van der Waals surface area contributed by atoms with Crippen molar-refractivity contribution in [2.24, 2.45) is 7.05 Å². The van der Waals surface area contributed by atoms with Gasteiger partial charge in [0.15, 0.2) is 0 Å². The number of carbonyl (C=O) groups is 1. The van der Waals surface area contributed by atoms with Crippen LogP contribution in [0.4, 0.5) is 5.69 Å². The van der Waals surface area contributed by atoms with E-state index in [1.165, 1.54) is 16.8 Å². The van der Waals surface area contributed by atoms with Gasteiger partial charge in [0.25, 0.3) is 11.6 Å². The van der Waals surface area contributed by atoms with Crippen LogP contribution in [0.3, 0.4) is 0 Å². The lowest BCUT2D eigenvalue weighted by Gasteiger charge is -2.35. The largest absolute Gasteiger partial charge is 0.340 e. The Morgan fingerprint density at radius 3 is 2.90 bits per heavy atom. The van der Waals surface area contributed by atoms with Crippen molar-refractivity contribution in [3.8, 4) is 0 Å². The highest BCUT2D eigenvalue weighted by molar-refractivity contribution is 6.17. The average molecular weight is 300 g/mol. The molecule has 6 nitrogen and oxygen atoms in total. The number of piperidine rings is 1. The number of carbonyl (C=O) groups excluding carboxylic acids is 1. The first kappa shape index (κ1) is 14.8. The van der Waals surface area contributed by atoms with Gasteiger partial charge in [-0.25, -0.2) is 0 Å². The van der Waals surface area contributed by atoms with Gasteiger partial charge in [-0.3, -0.25) is 14.9 Å². The Bertz CT molecular complexity index is 513. The molecule has 1 aliphatic heterocycles. The maximum Gasteiger partial charge on any atom is 0.287 e. The van der Waals surface area contributed by atoms with Crippen molar-refractivity contribution >= 4 is 23.2 Å². The van der Waals surface area contributed by atoms with Crippen molar-refractivity contribution in [3.05, 3.63) is 28.1 Å². The van der Waals surface area contributed by atoms with Gasteiger partial charge in [-0.2, -0.15) is 0 Å². The summed E-state index contributed by atoms with van der Waals surface area (Å²) >= 11 is 5.80.